The first kappa shape index (κ1) is 20.9. The maximum absolute atomic E-state index is 13.4. The minimum absolute atomic E-state index is 0.0260. The zero-order chi connectivity index (χ0) is 21.3. The highest BCUT2D eigenvalue weighted by atomic mass is 19.3. The summed E-state index contributed by atoms with van der Waals surface area (Å²) in [4.78, 5) is 6.89. The molecule has 0 amide bonds. The molecule has 0 N–H and O–H groups in total. The van der Waals surface area contributed by atoms with Crippen LogP contribution in [-0.4, -0.2) is 35.4 Å². The van der Waals surface area contributed by atoms with Crippen molar-refractivity contribution in [2.75, 3.05) is 19.6 Å². The van der Waals surface area contributed by atoms with Crippen LogP contribution >= 0.6 is 0 Å². The number of likely N-dealkylation sites (tertiary alicyclic amines) is 1. The first-order chi connectivity index (χ1) is 14.4. The van der Waals surface area contributed by atoms with E-state index in [4.69, 9.17) is 4.98 Å². The van der Waals surface area contributed by atoms with Crippen molar-refractivity contribution < 1.29 is 8.78 Å². The molecule has 0 saturated carbocycles. The maximum Gasteiger partial charge on any atom is 0.250 e. The fourth-order valence-corrected chi connectivity index (χ4v) is 4.54. The Balaban J connectivity index is 1.62. The molecule has 0 aliphatic carbocycles. The molecule has 0 atom stereocenters. The van der Waals surface area contributed by atoms with Gasteiger partial charge < -0.3 is 4.90 Å². The highest BCUT2D eigenvalue weighted by Gasteiger charge is 2.33. The molecule has 0 bridgehead atoms. The van der Waals surface area contributed by atoms with Crippen molar-refractivity contribution in [2.24, 2.45) is 0 Å². The lowest BCUT2D eigenvalue weighted by atomic mass is 9.91. The number of benzene rings is 2. The molecule has 4 heteroatoms. The number of alkyl halides is 2. The van der Waals surface area contributed by atoms with E-state index in [1.54, 1.807) is 0 Å². The van der Waals surface area contributed by atoms with Crippen molar-refractivity contribution >= 4 is 10.8 Å². The summed E-state index contributed by atoms with van der Waals surface area (Å²) in [5.74, 6) is -2.03. The highest BCUT2D eigenvalue weighted by molar-refractivity contribution is 5.98. The lowest BCUT2D eigenvalue weighted by molar-refractivity contribution is -0.0548. The Kier molecular flexibility index (Phi) is 5.88. The van der Waals surface area contributed by atoms with Gasteiger partial charge in [-0.1, -0.05) is 50.2 Å². The Morgan fingerprint density at radius 1 is 1.00 bits per heavy atom. The van der Waals surface area contributed by atoms with Gasteiger partial charge in [0.25, 0.3) is 5.92 Å². The number of rotatable bonds is 5. The van der Waals surface area contributed by atoms with Crippen molar-refractivity contribution in [3.63, 3.8) is 0 Å². The third-order valence-corrected chi connectivity index (χ3v) is 6.43. The number of hydrogen-bond acceptors (Lipinski definition) is 2. The van der Waals surface area contributed by atoms with E-state index in [2.05, 4.69) is 68.1 Å². The zero-order valence-electron chi connectivity index (χ0n) is 18.1. The van der Waals surface area contributed by atoms with Gasteiger partial charge in [-0.3, -0.25) is 4.98 Å². The van der Waals surface area contributed by atoms with E-state index in [0.29, 0.717) is 19.0 Å². The number of aromatic nitrogens is 1. The normalized spacial score (nSPS) is 17.0. The molecular formula is C26H30F2N2. The predicted molar refractivity (Wildman–Crippen MR) is 120 cm³/mol. The second-order valence-electron chi connectivity index (χ2n) is 8.79. The number of piperidine rings is 1. The Hall–Kier alpha value is -2.33. The van der Waals surface area contributed by atoms with Gasteiger partial charge >= 0.3 is 0 Å². The van der Waals surface area contributed by atoms with Crippen LogP contribution in [0.25, 0.3) is 22.0 Å². The number of fused-ring (bicyclic) bond motifs is 1. The Bertz CT molecular complexity index is 1030. The van der Waals surface area contributed by atoms with E-state index in [9.17, 15) is 8.78 Å². The Morgan fingerprint density at radius 2 is 1.70 bits per heavy atom. The molecule has 158 valence electrons. The molecule has 1 aliphatic heterocycles. The fraction of sp³-hybridized carbons (Fsp3) is 0.423. The van der Waals surface area contributed by atoms with Crippen molar-refractivity contribution in [3.05, 3.63) is 65.4 Å². The quantitative estimate of drug-likeness (QED) is 0.472. The van der Waals surface area contributed by atoms with Gasteiger partial charge in [-0.2, -0.15) is 0 Å². The zero-order valence-corrected chi connectivity index (χ0v) is 18.1. The molecule has 2 nitrogen and oxygen atoms in total. The minimum atomic E-state index is -2.49. The number of halogens is 2. The summed E-state index contributed by atoms with van der Waals surface area (Å²) in [5.41, 5.74) is 5.96. The van der Waals surface area contributed by atoms with Gasteiger partial charge in [-0.15, -0.1) is 0 Å². The van der Waals surface area contributed by atoms with E-state index in [-0.39, 0.29) is 12.8 Å². The summed E-state index contributed by atoms with van der Waals surface area (Å²) < 4.78 is 26.8. The van der Waals surface area contributed by atoms with Crippen LogP contribution in [0.2, 0.25) is 0 Å². The largest absolute Gasteiger partial charge is 0.303 e. The molecule has 30 heavy (non-hydrogen) atoms. The molecule has 0 radical (unpaired) electrons. The van der Waals surface area contributed by atoms with Crippen molar-refractivity contribution in [1.29, 1.82) is 0 Å². The van der Waals surface area contributed by atoms with Crippen LogP contribution in [0.4, 0.5) is 8.78 Å². The smallest absolute Gasteiger partial charge is 0.250 e. The minimum Gasteiger partial charge on any atom is -0.303 e. The lowest BCUT2D eigenvalue weighted by Gasteiger charge is -2.31. The first-order valence-electron chi connectivity index (χ1n) is 10.9. The standard InChI is InChI=1S/C26H30F2N2/c1-18(2)21-6-4-8-23-22(21)7-5-9-24(23)25-19(3)20(10-14-29-25)11-15-30-16-12-26(27,28)13-17-30/h4-10,14,18H,11-13,15-17H2,1-3H3. The summed E-state index contributed by atoms with van der Waals surface area (Å²) in [6.45, 7) is 8.35. The summed E-state index contributed by atoms with van der Waals surface area (Å²) in [5, 5.41) is 2.51. The molecular weight excluding hydrogens is 378 g/mol. The van der Waals surface area contributed by atoms with E-state index >= 15 is 0 Å². The highest BCUT2D eigenvalue weighted by Crippen LogP contribution is 2.34. The fourth-order valence-electron chi connectivity index (χ4n) is 4.54. The second-order valence-corrected chi connectivity index (χ2v) is 8.79. The number of hydrogen-bond donors (Lipinski definition) is 0. The average molecular weight is 409 g/mol. The molecule has 4 rings (SSSR count). The summed E-state index contributed by atoms with van der Waals surface area (Å²) >= 11 is 0. The molecule has 3 aromatic rings. The average Bonchev–Trinajstić information content (AvgIpc) is 2.73. The third kappa shape index (κ3) is 4.24. The van der Waals surface area contributed by atoms with Gasteiger partial charge in [-0.05, 0) is 52.8 Å². The summed E-state index contributed by atoms with van der Waals surface area (Å²) in [6, 6.07) is 15.0. The van der Waals surface area contributed by atoms with E-state index in [1.165, 1.54) is 27.5 Å². The monoisotopic (exact) mass is 408 g/mol. The van der Waals surface area contributed by atoms with Crippen molar-refractivity contribution in [1.82, 2.24) is 9.88 Å². The van der Waals surface area contributed by atoms with Gasteiger partial charge in [0, 0.05) is 44.2 Å². The van der Waals surface area contributed by atoms with Crippen LogP contribution in [0.1, 0.15) is 49.3 Å². The van der Waals surface area contributed by atoms with Gasteiger partial charge in [0.05, 0.1) is 5.69 Å². The SMILES string of the molecule is Cc1c(CCN2CCC(F)(F)CC2)ccnc1-c1cccc2c(C(C)C)cccc12. The molecule has 1 fully saturated rings. The van der Waals surface area contributed by atoms with Gasteiger partial charge in [-0.25, -0.2) is 8.78 Å². The molecule has 2 aromatic carbocycles. The van der Waals surface area contributed by atoms with Gasteiger partial charge in [0.2, 0.25) is 0 Å². The van der Waals surface area contributed by atoms with Crippen molar-refractivity contribution in [3.8, 4) is 11.3 Å². The van der Waals surface area contributed by atoms with E-state index in [1.807, 2.05) is 6.20 Å². The van der Waals surface area contributed by atoms with Crippen LogP contribution < -0.4 is 0 Å². The molecule has 1 aromatic heterocycles. The Morgan fingerprint density at radius 3 is 2.43 bits per heavy atom. The van der Waals surface area contributed by atoms with Crippen molar-refractivity contribution in [2.45, 2.75) is 51.9 Å². The summed E-state index contributed by atoms with van der Waals surface area (Å²) in [6.07, 6.45) is 2.69. The van der Waals surface area contributed by atoms with Gasteiger partial charge in [0.1, 0.15) is 0 Å². The van der Waals surface area contributed by atoms with Crippen LogP contribution in [0.3, 0.4) is 0 Å². The van der Waals surface area contributed by atoms with Gasteiger partial charge in [0.15, 0.2) is 0 Å². The van der Waals surface area contributed by atoms with Crippen LogP contribution in [0.15, 0.2) is 48.7 Å². The molecule has 0 spiro atoms. The van der Waals surface area contributed by atoms with E-state index < -0.39 is 5.92 Å². The first-order valence-corrected chi connectivity index (χ1v) is 10.9. The van der Waals surface area contributed by atoms with E-state index in [0.717, 1.165) is 24.2 Å². The number of pyridine rings is 1. The van der Waals surface area contributed by atoms with Crippen LogP contribution in [0.5, 0.6) is 0 Å². The molecule has 1 saturated heterocycles. The lowest BCUT2D eigenvalue weighted by Crippen LogP contribution is -2.40. The molecule has 2 heterocycles. The van der Waals surface area contributed by atoms with Crippen LogP contribution in [0, 0.1) is 6.92 Å². The molecule has 1 aliphatic rings. The third-order valence-electron chi connectivity index (χ3n) is 6.43. The second kappa shape index (κ2) is 8.43. The topological polar surface area (TPSA) is 16.1 Å². The predicted octanol–water partition coefficient (Wildman–Crippen LogP) is 6.61. The Labute approximate surface area is 177 Å². The summed E-state index contributed by atoms with van der Waals surface area (Å²) in [7, 11) is 0. The number of nitrogens with zero attached hydrogens (tertiary/aromatic N) is 2. The maximum atomic E-state index is 13.4. The molecule has 0 unspecified atom stereocenters. The van der Waals surface area contributed by atoms with Crippen LogP contribution in [-0.2, 0) is 6.42 Å².